The van der Waals surface area contributed by atoms with Crippen molar-refractivity contribution in [3.63, 3.8) is 0 Å². The average molecular weight is 475 g/mol. The van der Waals surface area contributed by atoms with Crippen LogP contribution in [0.1, 0.15) is 35.3 Å². The lowest BCUT2D eigenvalue weighted by molar-refractivity contribution is -0.134. The number of hydrogen-bond donors (Lipinski definition) is 2. The Morgan fingerprint density at radius 2 is 1.86 bits per heavy atom. The minimum atomic E-state index is -0.287. The number of aromatic amines is 1. The molecule has 9 nitrogen and oxygen atoms in total. The number of nitrogens with zero attached hydrogens (tertiary/aromatic N) is 4. The van der Waals surface area contributed by atoms with Gasteiger partial charge in [-0.3, -0.25) is 14.7 Å². The van der Waals surface area contributed by atoms with Crippen molar-refractivity contribution in [3.05, 3.63) is 60.0 Å². The van der Waals surface area contributed by atoms with Gasteiger partial charge in [0.1, 0.15) is 5.69 Å². The van der Waals surface area contributed by atoms with E-state index in [1.807, 2.05) is 35.2 Å². The Kier molecular flexibility index (Phi) is 7.04. The van der Waals surface area contributed by atoms with Crippen molar-refractivity contribution >= 4 is 23.2 Å². The highest BCUT2D eigenvalue weighted by molar-refractivity contribution is 6.05. The highest BCUT2D eigenvalue weighted by Gasteiger charge is 2.21. The molecule has 5 rings (SSSR count). The molecule has 0 unspecified atom stereocenters. The number of carbonyl (C=O) groups is 2. The van der Waals surface area contributed by atoms with E-state index in [-0.39, 0.29) is 18.2 Å². The van der Waals surface area contributed by atoms with Gasteiger partial charge in [0.15, 0.2) is 0 Å². The molecule has 2 aromatic heterocycles. The number of ether oxygens (including phenoxy) is 1. The number of pyridine rings is 1. The van der Waals surface area contributed by atoms with Gasteiger partial charge in [-0.05, 0) is 49.1 Å². The third kappa shape index (κ3) is 5.51. The topological polar surface area (TPSA) is 103 Å². The van der Waals surface area contributed by atoms with E-state index in [1.54, 1.807) is 18.5 Å². The second-order valence-electron chi connectivity index (χ2n) is 8.92. The van der Waals surface area contributed by atoms with Crippen molar-refractivity contribution in [2.75, 3.05) is 49.6 Å². The number of morpholine rings is 1. The van der Waals surface area contributed by atoms with E-state index in [9.17, 15) is 9.59 Å². The van der Waals surface area contributed by atoms with Gasteiger partial charge in [-0.2, -0.15) is 5.10 Å². The Labute approximate surface area is 204 Å². The minimum Gasteiger partial charge on any atom is -0.378 e. The second-order valence-corrected chi connectivity index (χ2v) is 8.92. The first kappa shape index (κ1) is 23.0. The van der Waals surface area contributed by atoms with Gasteiger partial charge in [-0.1, -0.05) is 12.1 Å². The third-order valence-corrected chi connectivity index (χ3v) is 6.50. The smallest absolute Gasteiger partial charge is 0.274 e. The molecule has 2 N–H and O–H groups in total. The zero-order chi connectivity index (χ0) is 24.0. The van der Waals surface area contributed by atoms with Crippen LogP contribution in [0.25, 0.3) is 11.3 Å². The van der Waals surface area contributed by atoms with E-state index in [2.05, 4.69) is 25.4 Å². The van der Waals surface area contributed by atoms with E-state index in [1.165, 1.54) is 6.42 Å². The first-order valence-corrected chi connectivity index (χ1v) is 12.2. The number of aromatic nitrogens is 3. The van der Waals surface area contributed by atoms with Crippen LogP contribution in [0.4, 0.5) is 11.4 Å². The Balaban J connectivity index is 1.39. The van der Waals surface area contributed by atoms with Crippen molar-refractivity contribution in [3.8, 4) is 11.3 Å². The number of amides is 2. The lowest BCUT2D eigenvalue weighted by Crippen LogP contribution is -2.41. The van der Waals surface area contributed by atoms with E-state index >= 15 is 0 Å². The van der Waals surface area contributed by atoms with Gasteiger partial charge in [-0.25, -0.2) is 4.98 Å². The monoisotopic (exact) mass is 474 g/mol. The Bertz CT molecular complexity index is 1170. The van der Waals surface area contributed by atoms with Gasteiger partial charge < -0.3 is 19.9 Å². The molecule has 0 spiro atoms. The van der Waals surface area contributed by atoms with Crippen LogP contribution in [0, 0.1) is 0 Å². The fourth-order valence-electron chi connectivity index (χ4n) is 4.60. The lowest BCUT2D eigenvalue weighted by Gasteiger charge is -2.31. The average Bonchev–Trinajstić information content (AvgIpc) is 3.45. The highest BCUT2D eigenvalue weighted by atomic mass is 16.5. The zero-order valence-electron chi connectivity index (χ0n) is 19.7. The molecule has 4 heterocycles. The molecular formula is C26H30N6O3. The molecule has 0 saturated carbocycles. The summed E-state index contributed by atoms with van der Waals surface area (Å²) in [5.41, 5.74) is 4.37. The standard InChI is InChI=1S/C26H30N6O3/c33-25(32-11-13-35-14-12-32)16-19-7-8-24(31-9-2-1-3-10-31)23(15-19)30-26(34)22-6-4-5-21(29-22)20-17-27-28-18-20/h4-8,15,17-18H,1-3,9-14,16H2,(H,27,28)(H,30,34). The van der Waals surface area contributed by atoms with Gasteiger partial charge >= 0.3 is 0 Å². The van der Waals surface area contributed by atoms with E-state index in [4.69, 9.17) is 4.74 Å². The maximum absolute atomic E-state index is 13.2. The molecule has 35 heavy (non-hydrogen) atoms. The predicted molar refractivity (Wildman–Crippen MR) is 133 cm³/mol. The summed E-state index contributed by atoms with van der Waals surface area (Å²) in [6.07, 6.45) is 7.17. The van der Waals surface area contributed by atoms with Crippen LogP contribution in [-0.4, -0.2) is 71.3 Å². The van der Waals surface area contributed by atoms with Crippen LogP contribution in [0.15, 0.2) is 48.8 Å². The molecule has 2 fully saturated rings. The molecule has 182 valence electrons. The molecule has 3 aromatic rings. The molecule has 2 aliphatic rings. The molecule has 0 bridgehead atoms. The number of benzene rings is 1. The number of hydrogen-bond acceptors (Lipinski definition) is 6. The van der Waals surface area contributed by atoms with Gasteiger partial charge in [0.2, 0.25) is 5.91 Å². The van der Waals surface area contributed by atoms with Gasteiger partial charge in [0.25, 0.3) is 5.91 Å². The first-order valence-electron chi connectivity index (χ1n) is 12.2. The summed E-state index contributed by atoms with van der Waals surface area (Å²) < 4.78 is 5.36. The van der Waals surface area contributed by atoms with Crippen LogP contribution < -0.4 is 10.2 Å². The SMILES string of the molecule is O=C(Nc1cc(CC(=O)N2CCOCC2)ccc1N1CCCCC1)c1cccc(-c2cn[nH]c2)n1. The maximum atomic E-state index is 13.2. The molecule has 9 heteroatoms. The summed E-state index contributed by atoms with van der Waals surface area (Å²) in [7, 11) is 0. The maximum Gasteiger partial charge on any atom is 0.274 e. The van der Waals surface area contributed by atoms with E-state index in [0.29, 0.717) is 43.4 Å². The third-order valence-electron chi connectivity index (χ3n) is 6.50. The summed E-state index contributed by atoms with van der Waals surface area (Å²) >= 11 is 0. The Morgan fingerprint density at radius 1 is 1.03 bits per heavy atom. The number of piperidine rings is 1. The van der Waals surface area contributed by atoms with Gasteiger partial charge in [0.05, 0.1) is 42.9 Å². The number of carbonyl (C=O) groups excluding carboxylic acids is 2. The highest BCUT2D eigenvalue weighted by Crippen LogP contribution is 2.30. The zero-order valence-corrected chi connectivity index (χ0v) is 19.7. The molecule has 2 saturated heterocycles. The van der Waals surface area contributed by atoms with Crippen molar-refractivity contribution in [1.29, 1.82) is 0 Å². The molecule has 0 radical (unpaired) electrons. The Morgan fingerprint density at radius 3 is 2.63 bits per heavy atom. The summed E-state index contributed by atoms with van der Waals surface area (Å²) in [6, 6.07) is 11.3. The summed E-state index contributed by atoms with van der Waals surface area (Å²) in [4.78, 5) is 34.7. The number of nitrogens with one attached hydrogen (secondary N) is 2. The largest absolute Gasteiger partial charge is 0.378 e. The quantitative estimate of drug-likeness (QED) is 0.569. The molecular weight excluding hydrogens is 444 g/mol. The molecule has 0 atom stereocenters. The molecule has 2 aliphatic heterocycles. The summed E-state index contributed by atoms with van der Waals surface area (Å²) in [6.45, 7) is 4.28. The minimum absolute atomic E-state index is 0.0748. The summed E-state index contributed by atoms with van der Waals surface area (Å²) in [5, 5.41) is 9.81. The number of rotatable bonds is 6. The number of H-pyrrole nitrogens is 1. The van der Waals surface area contributed by atoms with Crippen LogP contribution in [0.3, 0.4) is 0 Å². The van der Waals surface area contributed by atoms with Crippen molar-refractivity contribution in [1.82, 2.24) is 20.1 Å². The molecule has 0 aliphatic carbocycles. The van der Waals surface area contributed by atoms with Crippen LogP contribution in [0.2, 0.25) is 0 Å². The van der Waals surface area contributed by atoms with Crippen molar-refractivity contribution in [2.24, 2.45) is 0 Å². The molecule has 2 amide bonds. The van der Waals surface area contributed by atoms with Crippen LogP contribution in [-0.2, 0) is 16.0 Å². The fourth-order valence-corrected chi connectivity index (χ4v) is 4.60. The number of anilines is 2. The van der Waals surface area contributed by atoms with Crippen LogP contribution in [0.5, 0.6) is 0 Å². The normalized spacial score (nSPS) is 16.2. The second kappa shape index (κ2) is 10.7. The Hall–Kier alpha value is -3.72. The predicted octanol–water partition coefficient (Wildman–Crippen LogP) is 3.12. The van der Waals surface area contributed by atoms with E-state index < -0.39 is 0 Å². The first-order chi connectivity index (χ1) is 17.2. The lowest BCUT2D eigenvalue weighted by atomic mass is 10.1. The van der Waals surface area contributed by atoms with Crippen molar-refractivity contribution in [2.45, 2.75) is 25.7 Å². The van der Waals surface area contributed by atoms with Gasteiger partial charge in [0, 0.05) is 37.9 Å². The summed E-state index contributed by atoms with van der Waals surface area (Å²) in [5.74, 6) is -0.212. The van der Waals surface area contributed by atoms with Crippen molar-refractivity contribution < 1.29 is 14.3 Å². The van der Waals surface area contributed by atoms with Crippen LogP contribution >= 0.6 is 0 Å². The van der Waals surface area contributed by atoms with E-state index in [0.717, 1.165) is 42.7 Å². The van der Waals surface area contributed by atoms with Gasteiger partial charge in [-0.15, -0.1) is 0 Å². The molecule has 1 aromatic carbocycles. The fraction of sp³-hybridized carbons (Fsp3) is 0.385.